The molecule has 2 aromatic carbocycles. The highest BCUT2D eigenvalue weighted by Crippen LogP contribution is 2.37. The van der Waals surface area contributed by atoms with E-state index in [9.17, 15) is 17.6 Å². The molecule has 0 atom stereocenters. The lowest BCUT2D eigenvalue weighted by molar-refractivity contribution is 0.103. The van der Waals surface area contributed by atoms with E-state index in [1.807, 2.05) is 0 Å². The molecule has 0 saturated heterocycles. The third-order valence-corrected chi connectivity index (χ3v) is 5.95. The minimum Gasteiger partial charge on any atom is -0.493 e. The summed E-state index contributed by atoms with van der Waals surface area (Å²) in [4.78, 5) is 12.5. The van der Waals surface area contributed by atoms with Gasteiger partial charge in [0.05, 0.1) is 29.9 Å². The van der Waals surface area contributed by atoms with Gasteiger partial charge in [-0.05, 0) is 42.0 Å². The molecule has 0 aromatic heterocycles. The fourth-order valence-corrected chi connectivity index (χ4v) is 4.64. The maximum absolute atomic E-state index is 13.5. The van der Waals surface area contributed by atoms with Crippen molar-refractivity contribution in [3.8, 4) is 11.5 Å². The number of Topliss-reactive ketones (excluding diaryl/α,β-unsaturated/α-hetero) is 1. The lowest BCUT2D eigenvalue weighted by Crippen LogP contribution is -2.24. The van der Waals surface area contributed by atoms with Crippen molar-refractivity contribution in [2.45, 2.75) is 4.90 Å². The highest BCUT2D eigenvalue weighted by atomic mass is 35.5. The van der Waals surface area contributed by atoms with E-state index in [4.69, 9.17) is 21.1 Å². The molecule has 8 heteroatoms. The quantitative estimate of drug-likeness (QED) is 0.586. The normalized spacial score (nSPS) is 17.1. The second-order valence-corrected chi connectivity index (χ2v) is 8.00. The van der Waals surface area contributed by atoms with Crippen LogP contribution in [0.3, 0.4) is 0 Å². The van der Waals surface area contributed by atoms with Gasteiger partial charge >= 0.3 is 0 Å². The monoisotopic (exact) mass is 396 g/mol. The molecule has 0 radical (unpaired) electrons. The number of carbonyl (C=O) groups excluding carboxylic acids is 1. The number of ether oxygens (including phenoxy) is 2. The van der Waals surface area contributed by atoms with E-state index in [0.29, 0.717) is 17.1 Å². The van der Waals surface area contributed by atoms with Crippen LogP contribution in [0.15, 0.2) is 40.8 Å². The van der Waals surface area contributed by atoms with Gasteiger partial charge in [-0.3, -0.25) is 4.79 Å². The molecule has 0 unspecified atom stereocenters. The van der Waals surface area contributed by atoms with Crippen LogP contribution in [-0.4, -0.2) is 34.2 Å². The van der Waals surface area contributed by atoms with Gasteiger partial charge in [0.1, 0.15) is 5.82 Å². The molecule has 0 amide bonds. The molecule has 5 nitrogen and oxygen atoms in total. The molecule has 1 aliphatic rings. The lowest BCUT2D eigenvalue weighted by Gasteiger charge is -2.18. The number of rotatable bonds is 3. The molecule has 0 aliphatic carbocycles. The minimum atomic E-state index is -3.74. The number of benzene rings is 2. The highest BCUT2D eigenvalue weighted by Gasteiger charge is 2.33. The molecular formula is C18H14ClFO5S. The number of hydrogen-bond acceptors (Lipinski definition) is 5. The zero-order chi connectivity index (χ0) is 19.1. The second kappa shape index (κ2) is 6.74. The first-order chi connectivity index (χ1) is 12.3. The van der Waals surface area contributed by atoms with E-state index in [2.05, 4.69) is 0 Å². The Balaban J connectivity index is 2.14. The molecule has 0 fully saturated rings. The van der Waals surface area contributed by atoms with Crippen LogP contribution in [0.4, 0.5) is 4.39 Å². The molecule has 3 rings (SSSR count). The average molecular weight is 397 g/mol. The highest BCUT2D eigenvalue weighted by molar-refractivity contribution is 7.91. The summed E-state index contributed by atoms with van der Waals surface area (Å²) in [5.41, 5.74) is 0.312. The molecule has 0 spiro atoms. The molecule has 26 heavy (non-hydrogen) atoms. The number of methoxy groups -OCH3 is 2. The maximum atomic E-state index is 13.5. The van der Waals surface area contributed by atoms with E-state index in [1.165, 1.54) is 26.4 Å². The predicted molar refractivity (Wildman–Crippen MR) is 95.3 cm³/mol. The first-order valence-corrected chi connectivity index (χ1v) is 9.49. The Kier molecular flexibility index (Phi) is 4.77. The largest absolute Gasteiger partial charge is 0.493 e. The Morgan fingerprint density at radius 2 is 1.88 bits per heavy atom. The Hall–Kier alpha value is -2.38. The summed E-state index contributed by atoms with van der Waals surface area (Å²) in [5.74, 6) is -1.03. The van der Waals surface area contributed by atoms with Crippen molar-refractivity contribution in [3.05, 3.63) is 57.9 Å². The summed E-state index contributed by atoms with van der Waals surface area (Å²) in [6, 6.07) is 6.16. The van der Waals surface area contributed by atoms with Gasteiger partial charge in [-0.1, -0.05) is 11.6 Å². The molecule has 0 N–H and O–H groups in total. The first kappa shape index (κ1) is 18.4. The topological polar surface area (TPSA) is 69.7 Å². The van der Waals surface area contributed by atoms with Crippen molar-refractivity contribution < 1.29 is 27.1 Å². The van der Waals surface area contributed by atoms with Gasteiger partial charge in [-0.2, -0.15) is 0 Å². The van der Waals surface area contributed by atoms with Crippen molar-refractivity contribution in [2.24, 2.45) is 0 Å². The molecule has 0 saturated carbocycles. The number of sulfone groups is 1. The van der Waals surface area contributed by atoms with E-state index in [-0.39, 0.29) is 21.1 Å². The molecule has 1 heterocycles. The van der Waals surface area contributed by atoms with Crippen molar-refractivity contribution in [3.63, 3.8) is 0 Å². The van der Waals surface area contributed by atoms with E-state index >= 15 is 0 Å². The zero-order valence-corrected chi connectivity index (χ0v) is 15.4. The van der Waals surface area contributed by atoms with Crippen LogP contribution in [-0.2, 0) is 9.84 Å². The van der Waals surface area contributed by atoms with Gasteiger partial charge in [0.15, 0.2) is 27.1 Å². The summed E-state index contributed by atoms with van der Waals surface area (Å²) in [6.45, 7) is 0. The van der Waals surface area contributed by atoms with Crippen LogP contribution in [0, 0.1) is 5.82 Å². The van der Waals surface area contributed by atoms with Crippen LogP contribution in [0.25, 0.3) is 6.08 Å². The fraction of sp³-hybridized carbons (Fsp3) is 0.167. The van der Waals surface area contributed by atoms with Crippen LogP contribution < -0.4 is 9.47 Å². The van der Waals surface area contributed by atoms with E-state index < -0.39 is 27.2 Å². The van der Waals surface area contributed by atoms with Crippen molar-refractivity contribution in [1.29, 1.82) is 0 Å². The van der Waals surface area contributed by atoms with Gasteiger partial charge in [0.2, 0.25) is 0 Å². The Morgan fingerprint density at radius 3 is 2.54 bits per heavy atom. The number of carbonyl (C=O) groups is 1. The van der Waals surface area contributed by atoms with Gasteiger partial charge < -0.3 is 9.47 Å². The van der Waals surface area contributed by atoms with Crippen LogP contribution >= 0.6 is 11.6 Å². The molecular weight excluding hydrogens is 383 g/mol. The molecule has 2 aromatic rings. The number of fused-ring (bicyclic) bond motifs is 1. The average Bonchev–Trinajstić information content (AvgIpc) is 2.58. The minimum absolute atomic E-state index is 0.0198. The summed E-state index contributed by atoms with van der Waals surface area (Å²) >= 11 is 6.14. The van der Waals surface area contributed by atoms with Crippen LogP contribution in [0.2, 0.25) is 5.02 Å². The number of hydrogen-bond donors (Lipinski definition) is 0. The van der Waals surface area contributed by atoms with E-state index in [0.717, 1.165) is 18.2 Å². The number of ketones is 1. The van der Waals surface area contributed by atoms with Gasteiger partial charge in [-0.15, -0.1) is 0 Å². The summed E-state index contributed by atoms with van der Waals surface area (Å²) in [7, 11) is -0.878. The molecule has 1 aliphatic heterocycles. The fourth-order valence-electron chi connectivity index (χ4n) is 2.80. The third-order valence-electron chi connectivity index (χ3n) is 3.96. The second-order valence-electron chi connectivity index (χ2n) is 5.64. The van der Waals surface area contributed by atoms with E-state index in [1.54, 1.807) is 6.07 Å². The smallest absolute Gasteiger partial charge is 0.191 e. The van der Waals surface area contributed by atoms with Gasteiger partial charge in [0.25, 0.3) is 0 Å². The maximum Gasteiger partial charge on any atom is 0.191 e. The Bertz CT molecular complexity index is 1040. The van der Waals surface area contributed by atoms with Gasteiger partial charge in [0, 0.05) is 11.1 Å². The summed E-state index contributed by atoms with van der Waals surface area (Å²) < 4.78 is 48.7. The third kappa shape index (κ3) is 3.20. The first-order valence-electron chi connectivity index (χ1n) is 7.46. The number of halogens is 2. The van der Waals surface area contributed by atoms with Crippen LogP contribution in [0.5, 0.6) is 11.5 Å². The zero-order valence-electron chi connectivity index (χ0n) is 13.9. The van der Waals surface area contributed by atoms with Crippen molar-refractivity contribution in [1.82, 2.24) is 0 Å². The standard InChI is InChI=1S/C18H14ClFO5S/c1-24-15-7-10(6-14(19)18(15)25-2)5-11-9-26(22,23)16-4-3-12(20)8-13(16)17(11)21/h3-8H,9H2,1-2H3/b11-5-. The summed E-state index contributed by atoms with van der Waals surface area (Å²) in [6.07, 6.45) is 1.40. The van der Waals surface area contributed by atoms with Gasteiger partial charge in [-0.25, -0.2) is 12.8 Å². The molecule has 136 valence electrons. The summed E-state index contributed by atoms with van der Waals surface area (Å²) in [5, 5.41) is 0.247. The SMILES string of the molecule is COc1cc(/C=C2/CS(=O)(=O)c3ccc(F)cc3C2=O)cc(Cl)c1OC. The lowest BCUT2D eigenvalue weighted by atomic mass is 10.0. The Morgan fingerprint density at radius 1 is 1.15 bits per heavy atom. The van der Waals surface area contributed by atoms with Crippen molar-refractivity contribution >= 4 is 33.3 Å². The molecule has 0 bridgehead atoms. The van der Waals surface area contributed by atoms with Crippen molar-refractivity contribution in [2.75, 3.05) is 20.0 Å². The Labute approximate surface area is 154 Å². The van der Waals surface area contributed by atoms with Crippen LogP contribution in [0.1, 0.15) is 15.9 Å². The predicted octanol–water partition coefficient (Wildman–Crippen LogP) is 3.55.